The van der Waals surface area contributed by atoms with E-state index in [1.165, 1.54) is 21.6 Å². The SMILES string of the molecule is CC(=O)N1c2cc(-c3ccc(-c4ccccc4)cc3)c(C)cc2-c2c(ssc2=S)C1(C)C. The fourth-order valence-electron chi connectivity index (χ4n) is 4.73. The highest BCUT2D eigenvalue weighted by molar-refractivity contribution is 7.80. The Morgan fingerprint density at radius 3 is 2.16 bits per heavy atom. The minimum absolute atomic E-state index is 0.0421. The van der Waals surface area contributed by atoms with Crippen molar-refractivity contribution in [3.05, 3.63) is 81.0 Å². The number of amides is 1. The molecule has 160 valence electrons. The molecule has 0 bridgehead atoms. The fourth-order valence-corrected chi connectivity index (χ4v) is 8.01. The highest BCUT2D eigenvalue weighted by Crippen LogP contribution is 2.53. The van der Waals surface area contributed by atoms with Crippen molar-refractivity contribution in [1.82, 2.24) is 0 Å². The molecular formula is C27H23NOS3. The summed E-state index contributed by atoms with van der Waals surface area (Å²) in [7, 11) is 3.32. The van der Waals surface area contributed by atoms with Gasteiger partial charge in [0.1, 0.15) is 3.82 Å². The Bertz CT molecular complexity index is 1400. The molecule has 0 unspecified atom stereocenters. The third-order valence-electron chi connectivity index (χ3n) is 6.22. The first-order chi connectivity index (χ1) is 15.3. The summed E-state index contributed by atoms with van der Waals surface area (Å²) in [6.45, 7) is 8.01. The van der Waals surface area contributed by atoms with Crippen LogP contribution in [0.5, 0.6) is 0 Å². The molecule has 0 radical (unpaired) electrons. The van der Waals surface area contributed by atoms with Gasteiger partial charge in [-0.15, -0.1) is 0 Å². The summed E-state index contributed by atoms with van der Waals surface area (Å²) in [5.74, 6) is 0.0421. The smallest absolute Gasteiger partial charge is 0.224 e. The van der Waals surface area contributed by atoms with E-state index in [2.05, 4.69) is 81.4 Å². The molecule has 5 heteroatoms. The van der Waals surface area contributed by atoms with Crippen LogP contribution in [0.4, 0.5) is 5.69 Å². The van der Waals surface area contributed by atoms with Gasteiger partial charge in [-0.1, -0.05) is 87.5 Å². The number of carbonyl (C=O) groups excluding carboxylic acids is 1. The van der Waals surface area contributed by atoms with Crippen molar-refractivity contribution in [2.24, 2.45) is 0 Å². The Balaban J connectivity index is 1.68. The van der Waals surface area contributed by atoms with Crippen LogP contribution in [0.1, 0.15) is 31.2 Å². The van der Waals surface area contributed by atoms with E-state index >= 15 is 0 Å². The molecule has 0 N–H and O–H groups in total. The molecule has 5 rings (SSSR count). The van der Waals surface area contributed by atoms with E-state index in [0.717, 1.165) is 31.8 Å². The molecule has 3 aromatic carbocycles. The molecule has 1 aliphatic rings. The lowest BCUT2D eigenvalue weighted by molar-refractivity contribution is -0.117. The van der Waals surface area contributed by atoms with Gasteiger partial charge >= 0.3 is 0 Å². The number of hydrogen-bond acceptors (Lipinski definition) is 4. The molecule has 1 amide bonds. The van der Waals surface area contributed by atoms with Crippen LogP contribution in [-0.2, 0) is 10.3 Å². The van der Waals surface area contributed by atoms with Gasteiger partial charge in [0, 0.05) is 18.1 Å². The summed E-state index contributed by atoms with van der Waals surface area (Å²) in [6.07, 6.45) is 0. The van der Waals surface area contributed by atoms with Crippen molar-refractivity contribution in [1.29, 1.82) is 0 Å². The zero-order valence-electron chi connectivity index (χ0n) is 18.4. The van der Waals surface area contributed by atoms with E-state index in [4.69, 9.17) is 12.2 Å². The molecule has 0 atom stereocenters. The Labute approximate surface area is 201 Å². The van der Waals surface area contributed by atoms with Gasteiger partial charge in [0.15, 0.2) is 0 Å². The minimum Gasteiger partial charge on any atom is -0.301 e. The van der Waals surface area contributed by atoms with Crippen LogP contribution in [0.15, 0.2) is 66.7 Å². The number of fused-ring (bicyclic) bond motifs is 3. The number of benzene rings is 3. The van der Waals surface area contributed by atoms with Gasteiger partial charge < -0.3 is 4.90 Å². The molecule has 0 aliphatic carbocycles. The van der Waals surface area contributed by atoms with Gasteiger partial charge in [-0.2, -0.15) is 0 Å². The third kappa shape index (κ3) is 3.27. The first-order valence-corrected chi connectivity index (χ1v) is 13.1. The summed E-state index contributed by atoms with van der Waals surface area (Å²) in [6, 6.07) is 23.4. The van der Waals surface area contributed by atoms with Crippen LogP contribution >= 0.6 is 32.9 Å². The summed E-state index contributed by atoms with van der Waals surface area (Å²) < 4.78 is 0.905. The van der Waals surface area contributed by atoms with Gasteiger partial charge in [-0.25, -0.2) is 0 Å². The van der Waals surface area contributed by atoms with Gasteiger partial charge in [-0.3, -0.25) is 4.79 Å². The fraction of sp³-hybridized carbons (Fsp3) is 0.185. The Kier molecular flexibility index (Phi) is 5.16. The zero-order valence-corrected chi connectivity index (χ0v) is 20.9. The topological polar surface area (TPSA) is 20.3 Å². The first kappa shape index (κ1) is 21.3. The highest BCUT2D eigenvalue weighted by Gasteiger charge is 2.42. The summed E-state index contributed by atoms with van der Waals surface area (Å²) in [5.41, 5.74) is 8.56. The van der Waals surface area contributed by atoms with Crippen LogP contribution in [-0.4, -0.2) is 5.91 Å². The lowest BCUT2D eigenvalue weighted by Crippen LogP contribution is -2.46. The predicted octanol–water partition coefficient (Wildman–Crippen LogP) is 8.45. The number of hydrogen-bond donors (Lipinski definition) is 0. The van der Waals surface area contributed by atoms with Crippen LogP contribution in [0, 0.1) is 10.7 Å². The average Bonchev–Trinajstić information content (AvgIpc) is 3.17. The number of aryl methyl sites for hydroxylation is 1. The van der Waals surface area contributed by atoms with Crippen molar-refractivity contribution in [3.63, 3.8) is 0 Å². The maximum absolute atomic E-state index is 12.8. The van der Waals surface area contributed by atoms with E-state index < -0.39 is 5.54 Å². The van der Waals surface area contributed by atoms with Gasteiger partial charge in [-0.05, 0) is 60.7 Å². The van der Waals surface area contributed by atoms with E-state index in [9.17, 15) is 4.79 Å². The summed E-state index contributed by atoms with van der Waals surface area (Å²) >= 11 is 5.71. The molecular weight excluding hydrogens is 451 g/mol. The van der Waals surface area contributed by atoms with Crippen molar-refractivity contribution in [3.8, 4) is 33.4 Å². The van der Waals surface area contributed by atoms with E-state index in [-0.39, 0.29) is 5.91 Å². The maximum atomic E-state index is 12.8. The second-order valence-corrected chi connectivity index (χ2v) is 11.5. The molecule has 2 heterocycles. The normalized spacial score (nSPS) is 14.1. The number of nitrogens with zero attached hydrogens (tertiary/aromatic N) is 1. The summed E-state index contributed by atoms with van der Waals surface area (Å²) in [5, 5.41) is 0. The van der Waals surface area contributed by atoms with Crippen LogP contribution < -0.4 is 4.90 Å². The van der Waals surface area contributed by atoms with E-state index in [1.54, 1.807) is 27.6 Å². The van der Waals surface area contributed by atoms with E-state index in [1.807, 2.05) is 11.0 Å². The van der Waals surface area contributed by atoms with Crippen LogP contribution in [0.25, 0.3) is 33.4 Å². The van der Waals surface area contributed by atoms with Crippen molar-refractivity contribution in [2.75, 3.05) is 4.90 Å². The second kappa shape index (κ2) is 7.77. The zero-order chi connectivity index (χ0) is 22.6. The molecule has 0 fully saturated rings. The number of anilines is 1. The lowest BCUT2D eigenvalue weighted by atomic mass is 9.84. The minimum atomic E-state index is -0.434. The molecule has 1 aromatic heterocycles. The van der Waals surface area contributed by atoms with E-state index in [0.29, 0.717) is 0 Å². The van der Waals surface area contributed by atoms with Gasteiger partial charge in [0.05, 0.1) is 16.1 Å². The van der Waals surface area contributed by atoms with Gasteiger partial charge in [0.25, 0.3) is 0 Å². The molecule has 1 aliphatic heterocycles. The maximum Gasteiger partial charge on any atom is 0.224 e. The molecule has 2 nitrogen and oxygen atoms in total. The molecule has 0 saturated carbocycles. The standard InChI is InChI=1S/C27H23NOS3/c1-16-14-22-23(28(17(2)29)27(3,4)25-24(22)26(30)32-31-25)15-21(16)20-12-10-19(11-13-20)18-8-6-5-7-9-18/h5-15H,1-4H3. The van der Waals surface area contributed by atoms with Crippen LogP contribution in [0.3, 0.4) is 0 Å². The quantitative estimate of drug-likeness (QED) is 0.215. The number of rotatable bonds is 2. The van der Waals surface area contributed by atoms with Crippen molar-refractivity contribution < 1.29 is 4.79 Å². The van der Waals surface area contributed by atoms with Gasteiger partial charge in [0.2, 0.25) is 5.91 Å². The van der Waals surface area contributed by atoms with Crippen LogP contribution in [0.2, 0.25) is 0 Å². The molecule has 0 saturated heterocycles. The monoisotopic (exact) mass is 473 g/mol. The Morgan fingerprint density at radius 2 is 1.50 bits per heavy atom. The average molecular weight is 474 g/mol. The molecule has 4 aromatic rings. The third-order valence-corrected chi connectivity index (χ3v) is 9.55. The Hall–Kier alpha value is -2.60. The largest absolute Gasteiger partial charge is 0.301 e. The first-order valence-electron chi connectivity index (χ1n) is 10.5. The lowest BCUT2D eigenvalue weighted by Gasteiger charge is -2.42. The predicted molar refractivity (Wildman–Crippen MR) is 140 cm³/mol. The molecule has 32 heavy (non-hydrogen) atoms. The Morgan fingerprint density at radius 1 is 0.875 bits per heavy atom. The number of carbonyl (C=O) groups is 1. The van der Waals surface area contributed by atoms with Crippen molar-refractivity contribution in [2.45, 2.75) is 33.2 Å². The second-order valence-electron chi connectivity index (χ2n) is 8.70. The van der Waals surface area contributed by atoms with Crippen molar-refractivity contribution >= 4 is 44.5 Å². The molecule has 0 spiro atoms. The highest BCUT2D eigenvalue weighted by atomic mass is 32.9. The summed E-state index contributed by atoms with van der Waals surface area (Å²) in [4.78, 5) is 15.9.